The van der Waals surface area contributed by atoms with Crippen LogP contribution in [0.25, 0.3) is 11.3 Å². The first kappa shape index (κ1) is 28.3. The first-order chi connectivity index (χ1) is 17.8. The number of amides is 1. The van der Waals surface area contributed by atoms with Crippen LogP contribution >= 0.6 is 11.6 Å². The molecule has 0 fully saturated rings. The molecular weight excluding hydrogens is 494 g/mol. The lowest BCUT2D eigenvalue weighted by atomic mass is 9.85. The summed E-state index contributed by atoms with van der Waals surface area (Å²) in [7, 11) is 3.47. The summed E-state index contributed by atoms with van der Waals surface area (Å²) < 4.78 is 21.8. The van der Waals surface area contributed by atoms with Crippen molar-refractivity contribution in [1.82, 2.24) is 24.9 Å². The second-order valence-electron chi connectivity index (χ2n) is 8.38. The summed E-state index contributed by atoms with van der Waals surface area (Å²) >= 11 is 6.27. The van der Waals surface area contributed by atoms with Gasteiger partial charge in [0.15, 0.2) is 5.82 Å². The Hall–Kier alpha value is -3.24. The van der Waals surface area contributed by atoms with Gasteiger partial charge < -0.3 is 15.3 Å². The van der Waals surface area contributed by atoms with E-state index in [-0.39, 0.29) is 23.8 Å². The number of aryl methyl sites for hydroxylation is 1. The van der Waals surface area contributed by atoms with Crippen LogP contribution in [0.5, 0.6) is 5.75 Å². The smallest absolute Gasteiger partial charge is 0.270 e. The van der Waals surface area contributed by atoms with Crippen LogP contribution in [0.1, 0.15) is 61.1 Å². The van der Waals surface area contributed by atoms with Crippen molar-refractivity contribution in [2.24, 2.45) is 4.99 Å². The first-order valence-corrected chi connectivity index (χ1v) is 12.7. The summed E-state index contributed by atoms with van der Waals surface area (Å²) in [5.41, 5.74) is 3.26. The van der Waals surface area contributed by atoms with Crippen LogP contribution in [0.2, 0.25) is 11.3 Å². The average molecular weight is 526 g/mol. The Morgan fingerprint density at radius 1 is 1.32 bits per heavy atom. The maximum absolute atomic E-state index is 14.9. The molecule has 195 valence electrons. The molecule has 3 aromatic heterocycles. The molecule has 0 bridgehead atoms. The Morgan fingerprint density at radius 3 is 2.76 bits per heavy atom. The lowest BCUT2D eigenvalue weighted by Crippen LogP contribution is -2.25. The molecule has 37 heavy (non-hydrogen) atoms. The lowest BCUT2D eigenvalue weighted by Gasteiger charge is -2.10. The van der Waals surface area contributed by atoms with E-state index in [2.05, 4.69) is 39.0 Å². The summed E-state index contributed by atoms with van der Waals surface area (Å²) in [5.74, 6) is -0.435. The van der Waals surface area contributed by atoms with E-state index in [0.717, 1.165) is 25.1 Å². The number of aromatic nitrogens is 3. The van der Waals surface area contributed by atoms with Crippen LogP contribution in [0.3, 0.4) is 0 Å². The largest absolute Gasteiger partial charge is 0.495 e. The van der Waals surface area contributed by atoms with Crippen molar-refractivity contribution in [2.45, 2.75) is 52.9 Å². The molecule has 0 aliphatic heterocycles. The Bertz CT molecular complexity index is 1310. The third-order valence-corrected chi connectivity index (χ3v) is 6.00. The number of methoxy groups -OCH3 is 1. The molecular formula is C26H32BClFN6O2. The van der Waals surface area contributed by atoms with Crippen molar-refractivity contribution in [3.63, 3.8) is 0 Å². The van der Waals surface area contributed by atoms with Crippen molar-refractivity contribution in [3.05, 3.63) is 64.6 Å². The van der Waals surface area contributed by atoms with Crippen LogP contribution in [0.15, 0.2) is 36.1 Å². The van der Waals surface area contributed by atoms with Crippen LogP contribution in [-0.4, -0.2) is 47.1 Å². The standard InChI is InChI=1S/C26H32BClFN6O2/c1-6-9-32-27-12-18(7-2)33-16(4)24-20(29)10-17(13-30-24)14-31-26(36)25-21(8-3)34-23-11-22(37-5)19(28)15-35(23)25/h10-11,13,15,32H,4,6-9,12,14H2,1-3,5H3,(H,31,36). The van der Waals surface area contributed by atoms with E-state index in [0.29, 0.717) is 46.1 Å². The molecule has 0 saturated heterocycles. The number of nitrogens with zero attached hydrogens (tertiary/aromatic N) is 4. The molecule has 2 N–H and O–H groups in total. The van der Waals surface area contributed by atoms with Crippen LogP contribution in [0, 0.1) is 5.82 Å². The minimum absolute atomic E-state index is 0.0807. The third-order valence-electron chi connectivity index (χ3n) is 5.72. The molecule has 3 rings (SSSR count). The molecule has 11 heteroatoms. The van der Waals surface area contributed by atoms with Crippen LogP contribution in [0.4, 0.5) is 4.39 Å². The monoisotopic (exact) mass is 525 g/mol. The fraction of sp³-hybridized carbons (Fsp3) is 0.385. The number of halogens is 2. The maximum Gasteiger partial charge on any atom is 0.270 e. The van der Waals surface area contributed by atoms with Gasteiger partial charge in [-0.15, -0.1) is 0 Å². The second kappa shape index (κ2) is 13.3. The molecule has 1 radical (unpaired) electrons. The number of pyridine rings is 2. The Labute approximate surface area is 222 Å². The van der Waals surface area contributed by atoms with Gasteiger partial charge in [-0.3, -0.25) is 19.2 Å². The zero-order valence-electron chi connectivity index (χ0n) is 21.7. The van der Waals surface area contributed by atoms with Gasteiger partial charge in [0.1, 0.15) is 22.8 Å². The van der Waals surface area contributed by atoms with E-state index in [1.165, 1.54) is 19.4 Å². The highest BCUT2D eigenvalue weighted by atomic mass is 35.5. The molecule has 0 unspecified atom stereocenters. The van der Waals surface area contributed by atoms with Crippen molar-refractivity contribution in [1.29, 1.82) is 0 Å². The molecule has 8 nitrogen and oxygen atoms in total. The molecule has 0 atom stereocenters. The number of nitrogens with one attached hydrogen (secondary N) is 2. The van der Waals surface area contributed by atoms with Gasteiger partial charge in [0.25, 0.3) is 5.91 Å². The van der Waals surface area contributed by atoms with E-state index in [1.54, 1.807) is 16.7 Å². The predicted octanol–water partition coefficient (Wildman–Crippen LogP) is 4.88. The summed E-state index contributed by atoms with van der Waals surface area (Å²) in [5, 5.41) is 6.39. The highest BCUT2D eigenvalue weighted by molar-refractivity contribution is 6.39. The van der Waals surface area contributed by atoms with Gasteiger partial charge in [0.05, 0.1) is 23.5 Å². The number of fused-ring (bicyclic) bond motifs is 1. The molecule has 0 aliphatic carbocycles. The Kier molecular flexibility index (Phi) is 10.2. The van der Waals surface area contributed by atoms with E-state index >= 15 is 0 Å². The van der Waals surface area contributed by atoms with Crippen molar-refractivity contribution in [3.8, 4) is 5.75 Å². The van der Waals surface area contributed by atoms with E-state index in [9.17, 15) is 9.18 Å². The number of carbonyl (C=O) groups excluding carboxylic acids is 1. The zero-order chi connectivity index (χ0) is 26.9. The molecule has 0 spiro atoms. The van der Waals surface area contributed by atoms with Gasteiger partial charge >= 0.3 is 0 Å². The lowest BCUT2D eigenvalue weighted by molar-refractivity contribution is 0.0944. The normalized spacial score (nSPS) is 11.6. The fourth-order valence-corrected chi connectivity index (χ4v) is 3.97. The maximum atomic E-state index is 14.9. The van der Waals surface area contributed by atoms with Gasteiger partial charge in [0, 0.05) is 30.7 Å². The Balaban J connectivity index is 1.72. The van der Waals surface area contributed by atoms with Gasteiger partial charge in [-0.2, -0.15) is 0 Å². The minimum Gasteiger partial charge on any atom is -0.495 e. The number of hydrogen-bond acceptors (Lipinski definition) is 6. The number of imidazole rings is 1. The number of rotatable bonds is 13. The van der Waals surface area contributed by atoms with Crippen LogP contribution in [-0.2, 0) is 13.0 Å². The number of carbonyl (C=O) groups is 1. The SMILES string of the molecule is C=C(N=C(CC)C[B]NCCC)c1ncc(CNC(=O)c2c(CC)nc3cc(OC)c(Cl)cn23)cc1F. The first-order valence-electron chi connectivity index (χ1n) is 12.3. The minimum atomic E-state index is -0.549. The van der Waals surface area contributed by atoms with Gasteiger partial charge in [0.2, 0.25) is 7.41 Å². The van der Waals surface area contributed by atoms with E-state index in [4.69, 9.17) is 16.3 Å². The molecule has 3 aromatic rings. The molecule has 0 aliphatic rings. The number of ether oxygens (including phenoxy) is 1. The quantitative estimate of drug-likeness (QED) is 0.188. The van der Waals surface area contributed by atoms with E-state index < -0.39 is 5.82 Å². The predicted molar refractivity (Wildman–Crippen MR) is 147 cm³/mol. The van der Waals surface area contributed by atoms with Crippen molar-refractivity contribution in [2.75, 3.05) is 13.7 Å². The molecule has 3 heterocycles. The molecule has 0 saturated carbocycles. The van der Waals surface area contributed by atoms with Gasteiger partial charge in [-0.25, -0.2) is 9.37 Å². The number of hydrogen-bond donors (Lipinski definition) is 2. The average Bonchev–Trinajstić information content (AvgIpc) is 3.25. The highest BCUT2D eigenvalue weighted by Crippen LogP contribution is 2.27. The topological polar surface area (TPSA) is 92.9 Å². The van der Waals surface area contributed by atoms with Crippen molar-refractivity contribution >= 4 is 42.0 Å². The second-order valence-corrected chi connectivity index (χ2v) is 8.78. The van der Waals surface area contributed by atoms with Crippen molar-refractivity contribution < 1.29 is 13.9 Å². The van der Waals surface area contributed by atoms with Gasteiger partial charge in [-0.1, -0.05) is 39.0 Å². The number of aliphatic imine (C=N–C) groups is 1. The summed E-state index contributed by atoms with van der Waals surface area (Å²) in [6, 6.07) is 3.01. The molecule has 0 aromatic carbocycles. The van der Waals surface area contributed by atoms with Crippen LogP contribution < -0.4 is 15.3 Å². The third kappa shape index (κ3) is 6.96. The van der Waals surface area contributed by atoms with Gasteiger partial charge in [-0.05, 0) is 43.8 Å². The fourth-order valence-electron chi connectivity index (χ4n) is 3.74. The zero-order valence-corrected chi connectivity index (χ0v) is 22.5. The summed E-state index contributed by atoms with van der Waals surface area (Å²) in [6.07, 6.45) is 6.05. The Morgan fingerprint density at radius 2 is 2.11 bits per heavy atom. The molecule has 1 amide bonds. The highest BCUT2D eigenvalue weighted by Gasteiger charge is 2.20. The van der Waals surface area contributed by atoms with E-state index in [1.807, 2.05) is 21.3 Å². The summed E-state index contributed by atoms with van der Waals surface area (Å²) in [4.78, 5) is 26.3. The summed E-state index contributed by atoms with van der Waals surface area (Å²) in [6.45, 7) is 10.9.